The standard InChI is InChI=1S/C14H18N4O/c1-9-10(2)19-13(18-9)7-15-14-11-5-3-4-6-12(11)16-8-17-14/h8H,3-7H2,1-2H3,(H,15,16,17). The van der Waals surface area contributed by atoms with E-state index in [9.17, 15) is 0 Å². The Kier molecular flexibility index (Phi) is 3.19. The molecule has 0 saturated carbocycles. The lowest BCUT2D eigenvalue weighted by Crippen LogP contribution is -2.12. The van der Waals surface area contributed by atoms with Gasteiger partial charge in [0.25, 0.3) is 0 Å². The van der Waals surface area contributed by atoms with E-state index in [1.165, 1.54) is 24.1 Å². The van der Waals surface area contributed by atoms with Gasteiger partial charge in [-0.2, -0.15) is 0 Å². The summed E-state index contributed by atoms with van der Waals surface area (Å²) in [6.07, 6.45) is 6.19. The Morgan fingerprint density at radius 3 is 2.84 bits per heavy atom. The molecular weight excluding hydrogens is 240 g/mol. The summed E-state index contributed by atoms with van der Waals surface area (Å²) >= 11 is 0. The van der Waals surface area contributed by atoms with Crippen molar-refractivity contribution in [1.29, 1.82) is 0 Å². The van der Waals surface area contributed by atoms with E-state index in [2.05, 4.69) is 20.3 Å². The van der Waals surface area contributed by atoms with Crippen LogP contribution < -0.4 is 5.32 Å². The van der Waals surface area contributed by atoms with E-state index >= 15 is 0 Å². The van der Waals surface area contributed by atoms with E-state index in [1.807, 2.05) is 13.8 Å². The van der Waals surface area contributed by atoms with Crippen LogP contribution in [0.25, 0.3) is 0 Å². The fraction of sp³-hybridized carbons (Fsp3) is 0.500. The Balaban J connectivity index is 1.76. The first-order chi connectivity index (χ1) is 9.24. The molecule has 0 saturated heterocycles. The molecule has 2 heterocycles. The average Bonchev–Trinajstić information content (AvgIpc) is 2.75. The van der Waals surface area contributed by atoms with Crippen LogP contribution in [0.15, 0.2) is 10.7 Å². The topological polar surface area (TPSA) is 63.8 Å². The van der Waals surface area contributed by atoms with Crippen molar-refractivity contribution in [3.63, 3.8) is 0 Å². The number of anilines is 1. The fourth-order valence-electron chi connectivity index (χ4n) is 2.45. The average molecular weight is 258 g/mol. The number of nitrogens with one attached hydrogen (secondary N) is 1. The molecule has 2 aromatic heterocycles. The molecule has 0 fully saturated rings. The molecule has 0 spiro atoms. The van der Waals surface area contributed by atoms with Gasteiger partial charge in [0.15, 0.2) is 0 Å². The summed E-state index contributed by atoms with van der Waals surface area (Å²) in [6.45, 7) is 4.45. The van der Waals surface area contributed by atoms with Crippen molar-refractivity contribution in [1.82, 2.24) is 15.0 Å². The van der Waals surface area contributed by atoms with Crippen LogP contribution in [-0.2, 0) is 19.4 Å². The van der Waals surface area contributed by atoms with E-state index in [4.69, 9.17) is 4.42 Å². The van der Waals surface area contributed by atoms with Crippen molar-refractivity contribution < 1.29 is 4.42 Å². The van der Waals surface area contributed by atoms with Gasteiger partial charge in [0.1, 0.15) is 17.9 Å². The molecule has 1 N–H and O–H groups in total. The summed E-state index contributed by atoms with van der Waals surface area (Å²) in [6, 6.07) is 0. The first-order valence-electron chi connectivity index (χ1n) is 6.73. The van der Waals surface area contributed by atoms with E-state index in [-0.39, 0.29) is 0 Å². The maximum Gasteiger partial charge on any atom is 0.213 e. The predicted octanol–water partition coefficient (Wildman–Crippen LogP) is 2.57. The SMILES string of the molecule is Cc1nc(CNc2ncnc3c2CCCC3)oc1C. The van der Waals surface area contributed by atoms with E-state index < -0.39 is 0 Å². The van der Waals surface area contributed by atoms with Crippen LogP contribution >= 0.6 is 0 Å². The maximum atomic E-state index is 5.56. The molecule has 0 amide bonds. The summed E-state index contributed by atoms with van der Waals surface area (Å²) in [4.78, 5) is 13.1. The molecule has 1 aliphatic rings. The molecule has 19 heavy (non-hydrogen) atoms. The normalized spacial score (nSPS) is 14.2. The van der Waals surface area contributed by atoms with Gasteiger partial charge in [0.05, 0.1) is 12.2 Å². The van der Waals surface area contributed by atoms with Gasteiger partial charge < -0.3 is 9.73 Å². The molecule has 3 rings (SSSR count). The molecule has 0 unspecified atom stereocenters. The second-order valence-corrected chi connectivity index (χ2v) is 4.96. The van der Waals surface area contributed by atoms with Gasteiger partial charge in [-0.3, -0.25) is 0 Å². The van der Waals surface area contributed by atoms with Gasteiger partial charge in [-0.05, 0) is 39.5 Å². The van der Waals surface area contributed by atoms with Crippen molar-refractivity contribution in [3.05, 3.63) is 34.9 Å². The van der Waals surface area contributed by atoms with Crippen LogP contribution in [0.2, 0.25) is 0 Å². The minimum atomic E-state index is 0.568. The number of nitrogens with zero attached hydrogens (tertiary/aromatic N) is 3. The second-order valence-electron chi connectivity index (χ2n) is 4.96. The Morgan fingerprint density at radius 1 is 1.21 bits per heavy atom. The van der Waals surface area contributed by atoms with Crippen LogP contribution in [-0.4, -0.2) is 15.0 Å². The molecule has 1 aliphatic carbocycles. The number of oxazole rings is 1. The van der Waals surface area contributed by atoms with E-state index in [1.54, 1.807) is 6.33 Å². The van der Waals surface area contributed by atoms with Gasteiger partial charge in [0.2, 0.25) is 5.89 Å². The molecule has 100 valence electrons. The molecular formula is C14H18N4O. The van der Waals surface area contributed by atoms with Gasteiger partial charge in [-0.15, -0.1) is 0 Å². The predicted molar refractivity (Wildman–Crippen MR) is 72.0 cm³/mol. The fourth-order valence-corrected chi connectivity index (χ4v) is 2.45. The molecule has 0 atom stereocenters. The molecule has 0 bridgehead atoms. The number of fused-ring (bicyclic) bond motifs is 1. The molecule has 5 heteroatoms. The van der Waals surface area contributed by atoms with Gasteiger partial charge in [-0.25, -0.2) is 15.0 Å². The van der Waals surface area contributed by atoms with Crippen LogP contribution in [0.4, 0.5) is 5.82 Å². The maximum absolute atomic E-state index is 5.56. The first-order valence-corrected chi connectivity index (χ1v) is 6.73. The van der Waals surface area contributed by atoms with Crippen molar-refractivity contribution >= 4 is 5.82 Å². The van der Waals surface area contributed by atoms with Crippen LogP contribution in [0.1, 0.15) is 41.4 Å². The van der Waals surface area contributed by atoms with Crippen LogP contribution in [0.5, 0.6) is 0 Å². The van der Waals surface area contributed by atoms with E-state index in [0.29, 0.717) is 12.4 Å². The highest BCUT2D eigenvalue weighted by atomic mass is 16.4. The lowest BCUT2D eigenvalue weighted by molar-refractivity contribution is 0.478. The minimum absolute atomic E-state index is 0.568. The number of aryl methyl sites for hydroxylation is 3. The number of aromatic nitrogens is 3. The summed E-state index contributed by atoms with van der Waals surface area (Å²) in [5.74, 6) is 2.51. The Labute approximate surface area is 112 Å². The molecule has 0 aliphatic heterocycles. The monoisotopic (exact) mass is 258 g/mol. The van der Waals surface area contributed by atoms with E-state index in [0.717, 1.165) is 30.1 Å². The van der Waals surface area contributed by atoms with Crippen molar-refractivity contribution in [2.75, 3.05) is 5.32 Å². The highest BCUT2D eigenvalue weighted by molar-refractivity contribution is 5.46. The minimum Gasteiger partial charge on any atom is -0.444 e. The number of hydrogen-bond acceptors (Lipinski definition) is 5. The summed E-state index contributed by atoms with van der Waals surface area (Å²) in [5.41, 5.74) is 3.39. The number of hydrogen-bond donors (Lipinski definition) is 1. The summed E-state index contributed by atoms with van der Waals surface area (Å²) in [5, 5.41) is 3.32. The van der Waals surface area contributed by atoms with Crippen LogP contribution in [0, 0.1) is 13.8 Å². The number of rotatable bonds is 3. The van der Waals surface area contributed by atoms with Crippen molar-refractivity contribution in [2.45, 2.75) is 46.1 Å². The molecule has 2 aromatic rings. The third-order valence-electron chi connectivity index (χ3n) is 3.60. The summed E-state index contributed by atoms with van der Waals surface area (Å²) in [7, 11) is 0. The lowest BCUT2D eigenvalue weighted by atomic mass is 9.96. The van der Waals surface area contributed by atoms with Gasteiger partial charge >= 0.3 is 0 Å². The highest BCUT2D eigenvalue weighted by Gasteiger charge is 2.15. The third kappa shape index (κ3) is 2.45. The zero-order valence-electron chi connectivity index (χ0n) is 11.4. The smallest absolute Gasteiger partial charge is 0.213 e. The Morgan fingerprint density at radius 2 is 2.05 bits per heavy atom. The molecule has 0 aromatic carbocycles. The van der Waals surface area contributed by atoms with Crippen molar-refractivity contribution in [3.8, 4) is 0 Å². The highest BCUT2D eigenvalue weighted by Crippen LogP contribution is 2.24. The quantitative estimate of drug-likeness (QED) is 0.916. The largest absolute Gasteiger partial charge is 0.444 e. The molecule has 5 nitrogen and oxygen atoms in total. The molecule has 0 radical (unpaired) electrons. The summed E-state index contributed by atoms with van der Waals surface area (Å²) < 4.78 is 5.56. The van der Waals surface area contributed by atoms with Crippen molar-refractivity contribution in [2.24, 2.45) is 0 Å². The van der Waals surface area contributed by atoms with Gasteiger partial charge in [-0.1, -0.05) is 0 Å². The first kappa shape index (κ1) is 12.1. The lowest BCUT2D eigenvalue weighted by Gasteiger charge is -2.17. The Hall–Kier alpha value is -1.91. The van der Waals surface area contributed by atoms with Crippen LogP contribution in [0.3, 0.4) is 0 Å². The zero-order valence-corrected chi connectivity index (χ0v) is 11.4. The Bertz CT molecular complexity index is 572. The zero-order chi connectivity index (χ0) is 13.2. The second kappa shape index (κ2) is 4.99. The van der Waals surface area contributed by atoms with Gasteiger partial charge in [0, 0.05) is 11.3 Å². The third-order valence-corrected chi connectivity index (χ3v) is 3.60.